The fourth-order valence-electron chi connectivity index (χ4n) is 4.22. The maximum absolute atomic E-state index is 14.9. The van der Waals surface area contributed by atoms with E-state index < -0.39 is 45.4 Å². The first-order valence-corrected chi connectivity index (χ1v) is 12.8. The summed E-state index contributed by atoms with van der Waals surface area (Å²) in [5, 5.41) is 0.535. The summed E-state index contributed by atoms with van der Waals surface area (Å²) in [6.07, 6.45) is 0.253. The van der Waals surface area contributed by atoms with Gasteiger partial charge in [0.25, 0.3) is 5.91 Å². The summed E-state index contributed by atoms with van der Waals surface area (Å²) in [4.78, 5) is 41.2. The second kappa shape index (κ2) is 9.14. The molecule has 0 unspecified atom stereocenters. The largest absolute Gasteiger partial charge is 0.461 e. The number of para-hydroxylation sites is 1. The Morgan fingerprint density at radius 1 is 1.26 bits per heavy atom. The molecule has 4 rings (SSSR count). The molecule has 0 radical (unpaired) electrons. The molecule has 1 aliphatic rings. The van der Waals surface area contributed by atoms with Crippen LogP contribution in [0.4, 0.5) is 9.18 Å². The smallest absolute Gasteiger partial charge is 0.417 e. The minimum atomic E-state index is -3.45. The molecule has 2 heterocycles. The number of imide groups is 1. The Labute approximate surface area is 200 Å². The van der Waals surface area contributed by atoms with E-state index in [1.807, 2.05) is 0 Å². The zero-order chi connectivity index (χ0) is 25.5. The van der Waals surface area contributed by atoms with Crippen molar-refractivity contribution in [1.82, 2.24) is 9.88 Å². The highest BCUT2D eigenvalue weighted by Gasteiger charge is 2.37. The normalized spacial score (nSPS) is 14.9. The molecule has 184 valence electrons. The Balaban J connectivity index is 1.90. The molecular weight excluding hydrogens is 479 g/mol. The van der Waals surface area contributed by atoms with E-state index in [9.17, 15) is 27.2 Å². The van der Waals surface area contributed by atoms with Crippen LogP contribution in [0, 0.1) is 5.82 Å². The number of esters is 1. The van der Waals surface area contributed by atoms with Gasteiger partial charge in [-0.15, -0.1) is 0 Å². The van der Waals surface area contributed by atoms with Crippen molar-refractivity contribution in [3.05, 3.63) is 59.0 Å². The summed E-state index contributed by atoms with van der Waals surface area (Å²) < 4.78 is 48.1. The summed E-state index contributed by atoms with van der Waals surface area (Å²) in [5.41, 5.74) is 1.76. The Bertz CT molecular complexity index is 1450. The molecular formula is C24H23FN2O7S. The summed E-state index contributed by atoms with van der Waals surface area (Å²) in [5.74, 6) is -2.35. The van der Waals surface area contributed by atoms with Crippen LogP contribution in [0.2, 0.25) is 0 Å². The van der Waals surface area contributed by atoms with Crippen LogP contribution in [-0.4, -0.2) is 55.7 Å². The summed E-state index contributed by atoms with van der Waals surface area (Å²) in [6.45, 7) is 3.07. The first-order chi connectivity index (χ1) is 16.5. The number of H-pyrrole nitrogens is 1. The van der Waals surface area contributed by atoms with Crippen molar-refractivity contribution in [2.24, 2.45) is 0 Å². The highest BCUT2D eigenvalue weighted by atomic mass is 32.2. The monoisotopic (exact) mass is 502 g/mol. The second-order valence-corrected chi connectivity index (χ2v) is 10.4. The van der Waals surface area contributed by atoms with Crippen LogP contribution in [0.25, 0.3) is 22.0 Å². The fraction of sp³-hybridized carbons (Fsp3) is 0.292. The standard InChI is InChI=1S/C24H23FN2O7S/c1-4-33-23(29)22-20(14-8-9-15(18(25)10-14)12-35(3,31)32)17-7-5-6-16(21(17)26-22)13(2)27-19(28)11-34-24(27)30/h5-10,13,26H,4,11-12H2,1-3H3/t13-/m0/s1. The topological polar surface area (TPSA) is 123 Å². The van der Waals surface area contributed by atoms with Crippen LogP contribution in [0.3, 0.4) is 0 Å². The molecule has 1 fully saturated rings. The van der Waals surface area contributed by atoms with Crippen molar-refractivity contribution in [3.63, 3.8) is 0 Å². The zero-order valence-corrected chi connectivity index (χ0v) is 20.1. The van der Waals surface area contributed by atoms with Gasteiger partial charge in [0.05, 0.1) is 23.9 Å². The Morgan fingerprint density at radius 2 is 2.00 bits per heavy atom. The molecule has 3 aromatic rings. The van der Waals surface area contributed by atoms with Gasteiger partial charge in [-0.05, 0) is 31.0 Å². The van der Waals surface area contributed by atoms with E-state index in [-0.39, 0.29) is 24.5 Å². The van der Waals surface area contributed by atoms with Crippen LogP contribution >= 0.6 is 0 Å². The van der Waals surface area contributed by atoms with E-state index in [4.69, 9.17) is 9.47 Å². The maximum Gasteiger partial charge on any atom is 0.417 e. The van der Waals surface area contributed by atoms with Gasteiger partial charge in [-0.25, -0.2) is 27.3 Å². The number of fused-ring (bicyclic) bond motifs is 1. The minimum Gasteiger partial charge on any atom is -0.461 e. The first-order valence-electron chi connectivity index (χ1n) is 10.8. The quantitative estimate of drug-likeness (QED) is 0.488. The molecule has 35 heavy (non-hydrogen) atoms. The predicted octanol–water partition coefficient (Wildman–Crippen LogP) is 3.74. The lowest BCUT2D eigenvalue weighted by Gasteiger charge is -2.21. The van der Waals surface area contributed by atoms with Crippen LogP contribution in [0.15, 0.2) is 36.4 Å². The summed E-state index contributed by atoms with van der Waals surface area (Å²) in [6, 6.07) is 8.47. The number of nitrogens with zero attached hydrogens (tertiary/aromatic N) is 1. The summed E-state index contributed by atoms with van der Waals surface area (Å²) in [7, 11) is -3.45. The summed E-state index contributed by atoms with van der Waals surface area (Å²) >= 11 is 0. The number of ether oxygens (including phenoxy) is 2. The first kappa shape index (κ1) is 24.4. The lowest BCUT2D eigenvalue weighted by atomic mass is 9.97. The lowest BCUT2D eigenvalue weighted by molar-refractivity contribution is -0.127. The number of carbonyl (C=O) groups excluding carboxylic acids is 3. The van der Waals surface area contributed by atoms with Crippen molar-refractivity contribution in [3.8, 4) is 11.1 Å². The average Bonchev–Trinajstić information content (AvgIpc) is 3.34. The van der Waals surface area contributed by atoms with Crippen LogP contribution in [-0.2, 0) is 29.9 Å². The van der Waals surface area contributed by atoms with E-state index in [2.05, 4.69) is 4.98 Å². The van der Waals surface area contributed by atoms with Gasteiger partial charge in [-0.1, -0.05) is 30.3 Å². The van der Waals surface area contributed by atoms with Gasteiger partial charge in [-0.2, -0.15) is 0 Å². The van der Waals surface area contributed by atoms with Crippen LogP contribution in [0.5, 0.6) is 0 Å². The van der Waals surface area contributed by atoms with E-state index in [0.717, 1.165) is 11.2 Å². The van der Waals surface area contributed by atoms with Crippen LogP contribution in [0.1, 0.15) is 41.5 Å². The number of benzene rings is 2. The van der Waals surface area contributed by atoms with Crippen LogP contribution < -0.4 is 0 Å². The third-order valence-electron chi connectivity index (χ3n) is 5.73. The molecule has 0 saturated carbocycles. The molecule has 1 aromatic heterocycles. The van der Waals surface area contributed by atoms with E-state index in [0.29, 0.717) is 27.6 Å². The zero-order valence-electron chi connectivity index (χ0n) is 19.3. The molecule has 1 N–H and O–H groups in total. The second-order valence-electron chi connectivity index (χ2n) is 8.24. The van der Waals surface area contributed by atoms with Gasteiger partial charge in [0.15, 0.2) is 16.4 Å². The fourth-order valence-corrected chi connectivity index (χ4v) is 5.02. The molecule has 0 spiro atoms. The van der Waals surface area contributed by atoms with Crippen molar-refractivity contribution >= 4 is 38.7 Å². The lowest BCUT2D eigenvalue weighted by Crippen LogP contribution is -2.32. The number of aromatic nitrogens is 1. The molecule has 9 nitrogen and oxygen atoms in total. The van der Waals surface area contributed by atoms with E-state index >= 15 is 0 Å². The van der Waals surface area contributed by atoms with Crippen molar-refractivity contribution < 1.29 is 36.7 Å². The van der Waals surface area contributed by atoms with Gasteiger partial charge < -0.3 is 14.5 Å². The number of carbonyl (C=O) groups is 3. The number of cyclic esters (lactones) is 1. The molecule has 11 heteroatoms. The molecule has 0 aliphatic carbocycles. The average molecular weight is 503 g/mol. The third-order valence-corrected chi connectivity index (χ3v) is 6.56. The number of sulfone groups is 1. The molecule has 2 aromatic carbocycles. The maximum atomic E-state index is 14.9. The highest BCUT2D eigenvalue weighted by molar-refractivity contribution is 7.89. The van der Waals surface area contributed by atoms with Crippen molar-refractivity contribution in [1.29, 1.82) is 0 Å². The number of rotatable bonds is 7. The number of nitrogens with one attached hydrogen (secondary N) is 1. The van der Waals surface area contributed by atoms with Gasteiger partial charge in [0.2, 0.25) is 0 Å². The molecule has 1 atom stereocenters. The predicted molar refractivity (Wildman–Crippen MR) is 125 cm³/mol. The molecule has 0 bridgehead atoms. The Kier molecular flexibility index (Phi) is 6.37. The number of amides is 2. The van der Waals surface area contributed by atoms with Crippen molar-refractivity contribution in [2.75, 3.05) is 19.5 Å². The Morgan fingerprint density at radius 3 is 2.60 bits per heavy atom. The highest BCUT2D eigenvalue weighted by Crippen LogP contribution is 2.38. The Hall–Kier alpha value is -3.73. The van der Waals surface area contributed by atoms with E-state index in [1.54, 1.807) is 32.0 Å². The minimum absolute atomic E-state index is 0.00847. The SMILES string of the molecule is CCOC(=O)c1[nH]c2c([C@H](C)N3C(=O)COC3=O)cccc2c1-c1ccc(CS(C)(=O)=O)c(F)c1. The van der Waals surface area contributed by atoms with E-state index in [1.165, 1.54) is 18.2 Å². The molecule has 1 aliphatic heterocycles. The van der Waals surface area contributed by atoms with Crippen molar-refractivity contribution in [2.45, 2.75) is 25.6 Å². The number of aromatic amines is 1. The number of hydrogen-bond donors (Lipinski definition) is 1. The van der Waals surface area contributed by atoms with Gasteiger partial charge in [0.1, 0.15) is 11.5 Å². The molecule has 1 saturated heterocycles. The number of hydrogen-bond acceptors (Lipinski definition) is 7. The van der Waals surface area contributed by atoms with Gasteiger partial charge in [-0.3, -0.25) is 4.79 Å². The number of halogens is 1. The molecule has 2 amide bonds. The third kappa shape index (κ3) is 4.63. The van der Waals surface area contributed by atoms with Gasteiger partial charge in [0, 0.05) is 22.8 Å². The van der Waals surface area contributed by atoms with Gasteiger partial charge >= 0.3 is 12.1 Å².